The molecule has 0 spiro atoms. The van der Waals surface area contributed by atoms with E-state index in [9.17, 15) is 0 Å². The summed E-state index contributed by atoms with van der Waals surface area (Å²) in [6, 6.07) is 0. The SMILES string of the molecule is C[C@H](CBr)[C@@H](C)Br. The number of hydrogen-bond acceptors (Lipinski definition) is 0. The molecule has 0 saturated heterocycles. The Hall–Kier alpha value is 0.960. The van der Waals surface area contributed by atoms with Crippen molar-refractivity contribution in [2.45, 2.75) is 18.7 Å². The van der Waals surface area contributed by atoms with Crippen LogP contribution in [0.2, 0.25) is 0 Å². The summed E-state index contributed by atoms with van der Waals surface area (Å²) in [6.45, 7) is 4.36. The lowest BCUT2D eigenvalue weighted by Gasteiger charge is -2.07. The molecule has 0 aliphatic rings. The van der Waals surface area contributed by atoms with Crippen molar-refractivity contribution < 1.29 is 0 Å². The van der Waals surface area contributed by atoms with Crippen LogP contribution in [0.4, 0.5) is 0 Å². The van der Waals surface area contributed by atoms with Crippen LogP contribution in [0.5, 0.6) is 0 Å². The summed E-state index contributed by atoms with van der Waals surface area (Å²) < 4.78 is 0. The Kier molecular flexibility index (Phi) is 4.44. The molecule has 0 aromatic rings. The highest BCUT2D eigenvalue weighted by Crippen LogP contribution is 2.12. The molecule has 0 fully saturated rings. The molecule has 0 amide bonds. The van der Waals surface area contributed by atoms with E-state index >= 15 is 0 Å². The molecule has 0 N–H and O–H groups in total. The first kappa shape index (κ1) is 7.96. The molecule has 0 rings (SSSR count). The fraction of sp³-hybridized carbons (Fsp3) is 1.00. The number of halogens is 2. The van der Waals surface area contributed by atoms with E-state index in [0.717, 1.165) is 11.2 Å². The molecule has 0 aliphatic carbocycles. The molecule has 0 aliphatic heterocycles. The second-order valence-corrected chi connectivity index (χ2v) is 3.90. The van der Waals surface area contributed by atoms with Crippen LogP contribution < -0.4 is 0 Å². The molecule has 0 bridgehead atoms. The summed E-state index contributed by atoms with van der Waals surface area (Å²) in [5.41, 5.74) is 0. The third kappa shape index (κ3) is 3.53. The highest BCUT2D eigenvalue weighted by atomic mass is 79.9. The normalized spacial score (nSPS) is 18.9. The Morgan fingerprint density at radius 2 is 1.86 bits per heavy atom. The maximum absolute atomic E-state index is 3.47. The molecule has 7 heavy (non-hydrogen) atoms. The first-order valence-electron chi connectivity index (χ1n) is 2.38. The predicted molar refractivity (Wildman–Crippen MR) is 41.3 cm³/mol. The third-order valence-electron chi connectivity index (χ3n) is 1.03. The standard InChI is InChI=1S/C5H10Br2/c1-4(3-6)5(2)7/h4-5H,3H2,1-2H3/t4-,5-/m1/s1. The van der Waals surface area contributed by atoms with Crippen LogP contribution in [0, 0.1) is 5.92 Å². The van der Waals surface area contributed by atoms with Gasteiger partial charge in [-0.25, -0.2) is 0 Å². The maximum Gasteiger partial charge on any atom is 0.0151 e. The molecule has 2 heteroatoms. The van der Waals surface area contributed by atoms with Crippen LogP contribution in [0.15, 0.2) is 0 Å². The van der Waals surface area contributed by atoms with Gasteiger partial charge >= 0.3 is 0 Å². The number of rotatable bonds is 2. The lowest BCUT2D eigenvalue weighted by molar-refractivity contribution is 0.667. The highest BCUT2D eigenvalue weighted by Gasteiger charge is 2.04. The minimum absolute atomic E-state index is 0.631. The molecule has 44 valence electrons. The summed E-state index contributed by atoms with van der Waals surface area (Å²) in [5.74, 6) is 0.736. The van der Waals surface area contributed by atoms with Gasteiger partial charge in [-0.1, -0.05) is 45.7 Å². The van der Waals surface area contributed by atoms with E-state index in [1.165, 1.54) is 0 Å². The summed E-state index contributed by atoms with van der Waals surface area (Å²) in [7, 11) is 0. The molecule has 0 radical (unpaired) electrons. The largest absolute Gasteiger partial charge is 0.0925 e. The first-order valence-corrected chi connectivity index (χ1v) is 4.42. The molecule has 0 aromatic heterocycles. The molecular formula is C5H10Br2. The average Bonchev–Trinajstić information content (AvgIpc) is 1.65. The van der Waals surface area contributed by atoms with Crippen LogP contribution in [0.3, 0.4) is 0 Å². The van der Waals surface area contributed by atoms with Crippen molar-refractivity contribution in [2.75, 3.05) is 5.33 Å². The maximum atomic E-state index is 3.47. The zero-order valence-corrected chi connectivity index (χ0v) is 7.79. The van der Waals surface area contributed by atoms with Gasteiger partial charge in [0.2, 0.25) is 0 Å². The van der Waals surface area contributed by atoms with Crippen molar-refractivity contribution >= 4 is 31.9 Å². The number of alkyl halides is 2. The molecular weight excluding hydrogens is 220 g/mol. The van der Waals surface area contributed by atoms with Crippen LogP contribution in [0.25, 0.3) is 0 Å². The Balaban J connectivity index is 3.14. The van der Waals surface area contributed by atoms with Gasteiger partial charge in [0.05, 0.1) is 0 Å². The zero-order chi connectivity index (χ0) is 5.86. The molecule has 0 heterocycles. The van der Waals surface area contributed by atoms with E-state index in [1.807, 2.05) is 0 Å². The molecule has 0 aromatic carbocycles. The summed E-state index contributed by atoms with van der Waals surface area (Å²) in [4.78, 5) is 0.631. The van der Waals surface area contributed by atoms with Gasteiger partial charge in [0.25, 0.3) is 0 Å². The van der Waals surface area contributed by atoms with Gasteiger partial charge in [0.1, 0.15) is 0 Å². The Morgan fingerprint density at radius 3 is 1.86 bits per heavy atom. The van der Waals surface area contributed by atoms with Gasteiger partial charge in [-0.2, -0.15) is 0 Å². The van der Waals surface area contributed by atoms with Crippen molar-refractivity contribution in [2.24, 2.45) is 5.92 Å². The van der Waals surface area contributed by atoms with E-state index in [1.54, 1.807) is 0 Å². The summed E-state index contributed by atoms with van der Waals surface area (Å²) in [6.07, 6.45) is 0. The van der Waals surface area contributed by atoms with E-state index in [2.05, 4.69) is 45.7 Å². The second kappa shape index (κ2) is 3.90. The Labute approximate surface area is 61.9 Å². The minimum atomic E-state index is 0.631. The molecule has 0 unspecified atom stereocenters. The van der Waals surface area contributed by atoms with Gasteiger partial charge < -0.3 is 0 Å². The van der Waals surface area contributed by atoms with Crippen molar-refractivity contribution in [3.8, 4) is 0 Å². The van der Waals surface area contributed by atoms with E-state index in [-0.39, 0.29) is 0 Å². The Bertz CT molecular complexity index is 43.3. The monoisotopic (exact) mass is 228 g/mol. The molecule has 2 atom stereocenters. The summed E-state index contributed by atoms with van der Waals surface area (Å²) >= 11 is 6.86. The van der Waals surface area contributed by atoms with Crippen molar-refractivity contribution in [3.63, 3.8) is 0 Å². The van der Waals surface area contributed by atoms with Gasteiger partial charge in [0.15, 0.2) is 0 Å². The van der Waals surface area contributed by atoms with E-state index < -0.39 is 0 Å². The Morgan fingerprint density at radius 1 is 1.43 bits per heavy atom. The van der Waals surface area contributed by atoms with Crippen LogP contribution in [-0.2, 0) is 0 Å². The second-order valence-electron chi connectivity index (χ2n) is 1.81. The van der Waals surface area contributed by atoms with Crippen molar-refractivity contribution in [1.29, 1.82) is 0 Å². The van der Waals surface area contributed by atoms with E-state index in [0.29, 0.717) is 4.83 Å². The topological polar surface area (TPSA) is 0 Å². The first-order chi connectivity index (χ1) is 3.18. The number of hydrogen-bond donors (Lipinski definition) is 0. The fourth-order valence-electron chi connectivity index (χ4n) is 0.123. The van der Waals surface area contributed by atoms with Crippen LogP contribution in [0.1, 0.15) is 13.8 Å². The lowest BCUT2D eigenvalue weighted by Crippen LogP contribution is -2.06. The minimum Gasteiger partial charge on any atom is -0.0925 e. The highest BCUT2D eigenvalue weighted by molar-refractivity contribution is 9.10. The fourth-order valence-corrected chi connectivity index (χ4v) is 1.37. The molecule has 0 saturated carbocycles. The van der Waals surface area contributed by atoms with Gasteiger partial charge in [0, 0.05) is 10.2 Å². The van der Waals surface area contributed by atoms with Crippen molar-refractivity contribution in [1.82, 2.24) is 0 Å². The van der Waals surface area contributed by atoms with Gasteiger partial charge in [-0.15, -0.1) is 0 Å². The molecule has 0 nitrogen and oxygen atoms in total. The van der Waals surface area contributed by atoms with Crippen molar-refractivity contribution in [3.05, 3.63) is 0 Å². The van der Waals surface area contributed by atoms with Gasteiger partial charge in [-0.3, -0.25) is 0 Å². The quantitative estimate of drug-likeness (QED) is 0.639. The van der Waals surface area contributed by atoms with E-state index in [4.69, 9.17) is 0 Å². The zero-order valence-electron chi connectivity index (χ0n) is 4.62. The lowest BCUT2D eigenvalue weighted by atomic mass is 10.2. The van der Waals surface area contributed by atoms with Crippen LogP contribution >= 0.6 is 31.9 Å². The van der Waals surface area contributed by atoms with Crippen LogP contribution in [-0.4, -0.2) is 10.2 Å². The summed E-state index contributed by atoms with van der Waals surface area (Å²) in [5, 5.41) is 1.08. The third-order valence-corrected chi connectivity index (χ3v) is 2.95. The van der Waals surface area contributed by atoms with Gasteiger partial charge in [-0.05, 0) is 5.92 Å². The predicted octanol–water partition coefficient (Wildman–Crippen LogP) is 2.80. The smallest absolute Gasteiger partial charge is 0.0151 e. The average molecular weight is 230 g/mol.